The van der Waals surface area contributed by atoms with Gasteiger partial charge in [0.05, 0.1) is 0 Å². The summed E-state index contributed by atoms with van der Waals surface area (Å²) in [5, 5.41) is 5.93. The molecule has 1 aliphatic rings. The van der Waals surface area contributed by atoms with E-state index in [1.165, 1.54) is 0 Å². The highest BCUT2D eigenvalue weighted by Gasteiger charge is 2.48. The van der Waals surface area contributed by atoms with Crippen LogP contribution in [0.3, 0.4) is 0 Å². The van der Waals surface area contributed by atoms with Crippen LogP contribution in [-0.4, -0.2) is 47.0 Å². The van der Waals surface area contributed by atoms with E-state index >= 15 is 0 Å². The summed E-state index contributed by atoms with van der Waals surface area (Å²) >= 11 is 0. The minimum atomic E-state index is -0.894. The molecule has 2 aromatic rings. The molecule has 0 saturated heterocycles. The van der Waals surface area contributed by atoms with Gasteiger partial charge in [-0.25, -0.2) is 4.79 Å². The molecule has 3 amide bonds. The normalized spacial score (nSPS) is 18.0. The number of hydrogen-bond acceptors (Lipinski definition) is 4. The lowest BCUT2D eigenvalue weighted by Crippen LogP contribution is -2.55. The first-order valence-corrected chi connectivity index (χ1v) is 14.2. The summed E-state index contributed by atoms with van der Waals surface area (Å²) in [5.74, 6) is -0.216. The van der Waals surface area contributed by atoms with Gasteiger partial charge in [0.2, 0.25) is 11.8 Å². The molecule has 3 rings (SSSR count). The van der Waals surface area contributed by atoms with E-state index in [2.05, 4.69) is 24.5 Å². The molecule has 39 heavy (non-hydrogen) atoms. The second-order valence-corrected chi connectivity index (χ2v) is 11.7. The van der Waals surface area contributed by atoms with Crippen LogP contribution in [0.4, 0.5) is 4.79 Å². The van der Waals surface area contributed by atoms with E-state index < -0.39 is 23.8 Å². The molecular formula is C32H45N3O4. The zero-order chi connectivity index (χ0) is 28.6. The number of nitrogens with one attached hydrogen (secondary N) is 2. The lowest BCUT2D eigenvalue weighted by molar-refractivity contribution is -0.143. The van der Waals surface area contributed by atoms with Crippen LogP contribution in [0.25, 0.3) is 0 Å². The minimum absolute atomic E-state index is 0.0952. The Morgan fingerprint density at radius 1 is 1.03 bits per heavy atom. The summed E-state index contributed by atoms with van der Waals surface area (Å²) in [6.45, 7) is 12.1. The van der Waals surface area contributed by atoms with E-state index in [1.807, 2.05) is 61.5 Å². The maximum absolute atomic E-state index is 14.5. The van der Waals surface area contributed by atoms with Gasteiger partial charge in [-0.3, -0.25) is 9.59 Å². The lowest BCUT2D eigenvalue weighted by Gasteiger charge is -2.35. The highest BCUT2D eigenvalue weighted by Crippen LogP contribution is 2.41. The second kappa shape index (κ2) is 13.6. The monoisotopic (exact) mass is 535 g/mol. The van der Waals surface area contributed by atoms with Gasteiger partial charge in [0.15, 0.2) is 0 Å². The molecule has 7 nitrogen and oxygen atoms in total. The van der Waals surface area contributed by atoms with Gasteiger partial charge in [-0.15, -0.1) is 0 Å². The number of alkyl carbamates (subject to hydrolysis) is 1. The van der Waals surface area contributed by atoms with Gasteiger partial charge >= 0.3 is 6.09 Å². The molecule has 1 aliphatic carbocycles. The Bertz CT molecular complexity index is 1110. The maximum atomic E-state index is 14.5. The summed E-state index contributed by atoms with van der Waals surface area (Å²) in [7, 11) is 0. The van der Waals surface area contributed by atoms with Crippen LogP contribution >= 0.6 is 0 Å². The van der Waals surface area contributed by atoms with Gasteiger partial charge in [-0.1, -0.05) is 81.3 Å². The molecule has 2 aromatic carbocycles. The molecule has 0 radical (unpaired) electrons. The Balaban J connectivity index is 2.00. The van der Waals surface area contributed by atoms with Crippen molar-refractivity contribution >= 4 is 17.9 Å². The van der Waals surface area contributed by atoms with Crippen molar-refractivity contribution in [1.29, 1.82) is 0 Å². The first-order valence-electron chi connectivity index (χ1n) is 14.2. The fourth-order valence-corrected chi connectivity index (χ4v) is 4.85. The summed E-state index contributed by atoms with van der Waals surface area (Å²) in [5.41, 5.74) is 1.94. The topological polar surface area (TPSA) is 87.7 Å². The third-order valence-corrected chi connectivity index (χ3v) is 7.04. The van der Waals surface area contributed by atoms with Gasteiger partial charge < -0.3 is 20.3 Å². The summed E-state index contributed by atoms with van der Waals surface area (Å²) < 4.78 is 5.52. The van der Waals surface area contributed by atoms with Crippen molar-refractivity contribution in [2.45, 2.75) is 97.4 Å². The number of unbranched alkanes of at least 4 members (excludes halogenated alkanes) is 2. The number of benzene rings is 2. The van der Waals surface area contributed by atoms with Crippen molar-refractivity contribution < 1.29 is 19.1 Å². The number of nitrogens with zero attached hydrogens (tertiary/aromatic N) is 1. The largest absolute Gasteiger partial charge is 0.444 e. The molecule has 0 spiro atoms. The molecule has 0 bridgehead atoms. The Kier molecular flexibility index (Phi) is 10.6. The van der Waals surface area contributed by atoms with E-state index in [0.717, 1.165) is 42.4 Å². The smallest absolute Gasteiger partial charge is 0.408 e. The van der Waals surface area contributed by atoms with E-state index in [-0.39, 0.29) is 30.2 Å². The van der Waals surface area contributed by atoms with Crippen LogP contribution in [0.1, 0.15) is 83.0 Å². The molecular weight excluding hydrogens is 490 g/mol. The number of carbonyl (C=O) groups is 3. The van der Waals surface area contributed by atoms with Crippen LogP contribution in [0.2, 0.25) is 0 Å². The molecule has 0 heterocycles. The third kappa shape index (κ3) is 8.84. The highest BCUT2D eigenvalue weighted by atomic mass is 16.6. The van der Waals surface area contributed by atoms with Crippen molar-refractivity contribution in [3.05, 3.63) is 71.3 Å². The molecule has 1 saturated carbocycles. The molecule has 4 atom stereocenters. The number of amides is 3. The van der Waals surface area contributed by atoms with E-state index in [1.54, 1.807) is 25.7 Å². The second-order valence-electron chi connectivity index (χ2n) is 11.7. The fourth-order valence-electron chi connectivity index (χ4n) is 4.85. The first kappa shape index (κ1) is 30.2. The van der Waals surface area contributed by atoms with Crippen molar-refractivity contribution in [2.75, 3.05) is 6.54 Å². The standard InChI is InChI=1S/C32H45N3O4/c1-7-8-14-19-33-29(36)28(25-18-13-12-15-22(25)2)35(27-20-23(27)3)30(37)26(21-24-16-10-9-11-17-24)34-31(38)39-32(4,5)6/h9-13,15-18,23,26-28H,7-8,14,19-21H2,1-6H3,(H,33,36)(H,34,38). The number of carbonyl (C=O) groups excluding carboxylic acids is 3. The number of hydrogen-bond donors (Lipinski definition) is 2. The van der Waals surface area contributed by atoms with Gasteiger partial charge in [-0.2, -0.15) is 0 Å². The maximum Gasteiger partial charge on any atom is 0.408 e. The Morgan fingerprint density at radius 2 is 1.67 bits per heavy atom. The van der Waals surface area contributed by atoms with Gasteiger partial charge in [0, 0.05) is 19.0 Å². The zero-order valence-electron chi connectivity index (χ0n) is 24.3. The molecule has 7 heteroatoms. The summed E-state index contributed by atoms with van der Waals surface area (Å²) in [6.07, 6.45) is 3.40. The third-order valence-electron chi connectivity index (χ3n) is 7.04. The molecule has 212 valence electrons. The average molecular weight is 536 g/mol. The van der Waals surface area contributed by atoms with Gasteiger partial charge in [-0.05, 0) is 63.1 Å². The Hall–Kier alpha value is -3.35. The Labute approximate surface area is 233 Å². The van der Waals surface area contributed by atoms with Crippen LogP contribution in [0.5, 0.6) is 0 Å². The van der Waals surface area contributed by atoms with Crippen molar-refractivity contribution in [3.8, 4) is 0 Å². The molecule has 4 unspecified atom stereocenters. The van der Waals surface area contributed by atoms with Crippen molar-refractivity contribution in [3.63, 3.8) is 0 Å². The minimum Gasteiger partial charge on any atom is -0.444 e. The molecule has 0 aliphatic heterocycles. The molecule has 0 aromatic heterocycles. The first-order chi connectivity index (χ1) is 18.5. The van der Waals surface area contributed by atoms with Crippen LogP contribution in [-0.2, 0) is 20.7 Å². The van der Waals surface area contributed by atoms with E-state index in [4.69, 9.17) is 4.74 Å². The van der Waals surface area contributed by atoms with Crippen molar-refractivity contribution in [2.24, 2.45) is 5.92 Å². The molecule has 2 N–H and O–H groups in total. The number of ether oxygens (including phenoxy) is 1. The quantitative estimate of drug-likeness (QED) is 0.341. The summed E-state index contributed by atoms with van der Waals surface area (Å²) in [6, 6.07) is 15.5. The summed E-state index contributed by atoms with van der Waals surface area (Å²) in [4.78, 5) is 42.9. The van der Waals surface area contributed by atoms with Crippen LogP contribution < -0.4 is 10.6 Å². The number of rotatable bonds is 12. The fraction of sp³-hybridized carbons (Fsp3) is 0.531. The van der Waals surface area contributed by atoms with Crippen LogP contribution in [0.15, 0.2) is 54.6 Å². The zero-order valence-corrected chi connectivity index (χ0v) is 24.3. The van der Waals surface area contributed by atoms with E-state index in [0.29, 0.717) is 6.54 Å². The number of aryl methyl sites for hydroxylation is 1. The van der Waals surface area contributed by atoms with E-state index in [9.17, 15) is 14.4 Å². The highest BCUT2D eigenvalue weighted by molar-refractivity contribution is 5.93. The predicted octanol–water partition coefficient (Wildman–Crippen LogP) is 5.72. The molecule has 1 fully saturated rings. The lowest BCUT2D eigenvalue weighted by atomic mass is 9.96. The van der Waals surface area contributed by atoms with Crippen molar-refractivity contribution in [1.82, 2.24) is 15.5 Å². The van der Waals surface area contributed by atoms with Gasteiger partial charge in [0.1, 0.15) is 17.7 Å². The average Bonchev–Trinajstić information content (AvgIpc) is 3.60. The predicted molar refractivity (Wildman–Crippen MR) is 154 cm³/mol. The SMILES string of the molecule is CCCCCNC(=O)C(c1ccccc1C)N(C(=O)C(Cc1ccccc1)NC(=O)OC(C)(C)C)C1CC1C. The van der Waals surface area contributed by atoms with Crippen LogP contribution in [0, 0.1) is 12.8 Å². The Morgan fingerprint density at radius 3 is 2.26 bits per heavy atom. The van der Waals surface area contributed by atoms with Gasteiger partial charge in [0.25, 0.3) is 0 Å².